The van der Waals surface area contributed by atoms with Gasteiger partial charge < -0.3 is 9.47 Å². The van der Waals surface area contributed by atoms with Crippen LogP contribution in [0.5, 0.6) is 5.75 Å². The second-order valence-corrected chi connectivity index (χ2v) is 6.55. The SMILES string of the molecule is C=CCOc1ccc([C@H]2CCCC[C@@H]2OC(=O)CCCCC)cc1. The molecule has 0 amide bonds. The van der Waals surface area contributed by atoms with Crippen molar-refractivity contribution in [3.8, 4) is 5.75 Å². The van der Waals surface area contributed by atoms with E-state index in [-0.39, 0.29) is 12.1 Å². The number of hydrogen-bond donors (Lipinski definition) is 0. The monoisotopic (exact) mass is 330 g/mol. The number of hydrogen-bond acceptors (Lipinski definition) is 3. The number of rotatable bonds is 9. The van der Waals surface area contributed by atoms with Crippen molar-refractivity contribution in [1.29, 1.82) is 0 Å². The third kappa shape index (κ3) is 5.70. The average molecular weight is 330 g/mol. The lowest BCUT2D eigenvalue weighted by Gasteiger charge is -2.31. The molecule has 2 rings (SSSR count). The van der Waals surface area contributed by atoms with E-state index >= 15 is 0 Å². The Bertz CT molecular complexity index is 506. The van der Waals surface area contributed by atoms with Gasteiger partial charge in [-0.1, -0.05) is 51.0 Å². The first-order valence-corrected chi connectivity index (χ1v) is 9.27. The molecule has 3 heteroatoms. The van der Waals surface area contributed by atoms with E-state index in [9.17, 15) is 4.79 Å². The molecule has 0 bridgehead atoms. The third-order valence-electron chi connectivity index (χ3n) is 4.65. The Morgan fingerprint density at radius 1 is 1.21 bits per heavy atom. The van der Waals surface area contributed by atoms with Gasteiger partial charge in [0.05, 0.1) is 0 Å². The minimum atomic E-state index is -0.0358. The fourth-order valence-corrected chi connectivity index (χ4v) is 3.33. The van der Waals surface area contributed by atoms with Gasteiger partial charge in [0.15, 0.2) is 0 Å². The minimum Gasteiger partial charge on any atom is -0.490 e. The van der Waals surface area contributed by atoms with Crippen molar-refractivity contribution in [3.63, 3.8) is 0 Å². The summed E-state index contributed by atoms with van der Waals surface area (Å²) in [4.78, 5) is 12.1. The predicted molar refractivity (Wildman–Crippen MR) is 97.4 cm³/mol. The Balaban J connectivity index is 1.95. The van der Waals surface area contributed by atoms with Crippen molar-refractivity contribution in [2.45, 2.75) is 70.3 Å². The van der Waals surface area contributed by atoms with Gasteiger partial charge in [-0.05, 0) is 43.4 Å². The van der Waals surface area contributed by atoms with E-state index < -0.39 is 0 Å². The van der Waals surface area contributed by atoms with Crippen LogP contribution in [0.1, 0.15) is 69.8 Å². The fraction of sp³-hybridized carbons (Fsp3) is 0.571. The van der Waals surface area contributed by atoms with E-state index in [4.69, 9.17) is 9.47 Å². The average Bonchev–Trinajstić information content (AvgIpc) is 2.61. The van der Waals surface area contributed by atoms with Gasteiger partial charge >= 0.3 is 5.97 Å². The van der Waals surface area contributed by atoms with Gasteiger partial charge in [-0.25, -0.2) is 0 Å². The first kappa shape index (κ1) is 18.6. The molecular weight excluding hydrogens is 300 g/mol. The highest BCUT2D eigenvalue weighted by Gasteiger charge is 2.29. The number of benzene rings is 1. The summed E-state index contributed by atoms with van der Waals surface area (Å²) in [6, 6.07) is 8.19. The summed E-state index contributed by atoms with van der Waals surface area (Å²) in [5, 5.41) is 0. The smallest absolute Gasteiger partial charge is 0.306 e. The molecule has 132 valence electrons. The molecule has 1 aliphatic rings. The molecule has 1 fully saturated rings. The lowest BCUT2D eigenvalue weighted by atomic mass is 9.81. The highest BCUT2D eigenvalue weighted by molar-refractivity contribution is 5.69. The molecule has 1 aliphatic carbocycles. The van der Waals surface area contributed by atoms with Crippen molar-refractivity contribution in [1.82, 2.24) is 0 Å². The quantitative estimate of drug-likeness (QED) is 0.345. The molecule has 0 spiro atoms. The number of carbonyl (C=O) groups excluding carboxylic acids is 1. The van der Waals surface area contributed by atoms with Crippen molar-refractivity contribution in [2.75, 3.05) is 6.61 Å². The van der Waals surface area contributed by atoms with Crippen LogP contribution in [0.15, 0.2) is 36.9 Å². The van der Waals surface area contributed by atoms with E-state index in [1.807, 2.05) is 12.1 Å². The summed E-state index contributed by atoms with van der Waals surface area (Å²) >= 11 is 0. The molecule has 1 aromatic carbocycles. The zero-order valence-corrected chi connectivity index (χ0v) is 14.8. The molecule has 0 aromatic heterocycles. The summed E-state index contributed by atoms with van der Waals surface area (Å²) < 4.78 is 11.4. The molecule has 1 aromatic rings. The van der Waals surface area contributed by atoms with Gasteiger partial charge in [-0.3, -0.25) is 4.79 Å². The molecule has 0 unspecified atom stereocenters. The Labute approximate surface area is 146 Å². The van der Waals surface area contributed by atoms with Crippen molar-refractivity contribution in [3.05, 3.63) is 42.5 Å². The molecule has 0 saturated heterocycles. The maximum absolute atomic E-state index is 12.1. The van der Waals surface area contributed by atoms with Gasteiger partial charge in [0, 0.05) is 12.3 Å². The Morgan fingerprint density at radius 2 is 1.96 bits per heavy atom. The van der Waals surface area contributed by atoms with Gasteiger partial charge in [0.25, 0.3) is 0 Å². The molecule has 3 nitrogen and oxygen atoms in total. The molecular formula is C21H30O3. The largest absolute Gasteiger partial charge is 0.490 e. The first-order valence-electron chi connectivity index (χ1n) is 9.27. The van der Waals surface area contributed by atoms with Crippen molar-refractivity contribution in [2.24, 2.45) is 0 Å². The molecule has 1 saturated carbocycles. The summed E-state index contributed by atoms with van der Waals surface area (Å²) in [6.45, 7) is 6.32. The lowest BCUT2D eigenvalue weighted by Crippen LogP contribution is -2.28. The lowest BCUT2D eigenvalue weighted by molar-refractivity contribution is -0.151. The number of unbranched alkanes of at least 4 members (excludes halogenated alkanes) is 2. The van der Waals surface area contributed by atoms with E-state index in [1.165, 1.54) is 12.0 Å². The Morgan fingerprint density at radius 3 is 2.67 bits per heavy atom. The zero-order chi connectivity index (χ0) is 17.2. The summed E-state index contributed by atoms with van der Waals surface area (Å²) in [5.74, 6) is 1.12. The maximum Gasteiger partial charge on any atom is 0.306 e. The highest BCUT2D eigenvalue weighted by Crippen LogP contribution is 2.36. The van der Waals surface area contributed by atoms with E-state index in [0.29, 0.717) is 18.9 Å². The van der Waals surface area contributed by atoms with Crippen LogP contribution in [0, 0.1) is 0 Å². The molecule has 2 atom stereocenters. The van der Waals surface area contributed by atoms with E-state index in [0.717, 1.165) is 44.3 Å². The van der Waals surface area contributed by atoms with Crippen LogP contribution in [-0.4, -0.2) is 18.7 Å². The van der Waals surface area contributed by atoms with Crippen LogP contribution in [0.2, 0.25) is 0 Å². The third-order valence-corrected chi connectivity index (χ3v) is 4.65. The van der Waals surface area contributed by atoms with Gasteiger partial charge in [0.1, 0.15) is 18.5 Å². The van der Waals surface area contributed by atoms with E-state index in [1.54, 1.807) is 6.08 Å². The standard InChI is InChI=1S/C21H30O3/c1-3-5-6-11-21(22)24-20-10-8-7-9-19(20)17-12-14-18(15-13-17)23-16-4-2/h4,12-15,19-20H,2-3,5-11,16H2,1H3/t19-,20+/m1/s1. The number of ether oxygens (including phenoxy) is 2. The van der Waals surface area contributed by atoms with Crippen LogP contribution < -0.4 is 4.74 Å². The summed E-state index contributed by atoms with van der Waals surface area (Å²) in [6.07, 6.45) is 9.85. The van der Waals surface area contributed by atoms with Gasteiger partial charge in [-0.2, -0.15) is 0 Å². The van der Waals surface area contributed by atoms with Gasteiger partial charge in [-0.15, -0.1) is 0 Å². The van der Waals surface area contributed by atoms with Gasteiger partial charge in [0.2, 0.25) is 0 Å². The fourth-order valence-electron chi connectivity index (χ4n) is 3.33. The second kappa shape index (κ2) is 10.2. The normalized spacial score (nSPS) is 20.4. The molecule has 0 heterocycles. The minimum absolute atomic E-state index is 0.0211. The van der Waals surface area contributed by atoms with Crippen LogP contribution in [0.25, 0.3) is 0 Å². The van der Waals surface area contributed by atoms with Crippen molar-refractivity contribution >= 4 is 5.97 Å². The highest BCUT2D eigenvalue weighted by atomic mass is 16.5. The topological polar surface area (TPSA) is 35.5 Å². The predicted octanol–water partition coefficient (Wildman–Crippen LogP) is 5.40. The van der Waals surface area contributed by atoms with Crippen LogP contribution in [0.3, 0.4) is 0 Å². The second-order valence-electron chi connectivity index (χ2n) is 6.55. The first-order chi connectivity index (χ1) is 11.7. The molecule has 0 aliphatic heterocycles. The Kier molecular flexibility index (Phi) is 7.87. The Hall–Kier alpha value is -1.77. The van der Waals surface area contributed by atoms with Crippen LogP contribution >= 0.6 is 0 Å². The van der Waals surface area contributed by atoms with Crippen LogP contribution in [-0.2, 0) is 9.53 Å². The molecule has 0 N–H and O–H groups in total. The zero-order valence-electron chi connectivity index (χ0n) is 14.8. The van der Waals surface area contributed by atoms with Crippen LogP contribution in [0.4, 0.5) is 0 Å². The molecule has 24 heavy (non-hydrogen) atoms. The maximum atomic E-state index is 12.1. The number of carbonyl (C=O) groups is 1. The summed E-state index contributed by atoms with van der Waals surface area (Å²) in [5.41, 5.74) is 1.24. The van der Waals surface area contributed by atoms with Crippen molar-refractivity contribution < 1.29 is 14.3 Å². The number of esters is 1. The molecule has 0 radical (unpaired) electrons. The summed E-state index contributed by atoms with van der Waals surface area (Å²) in [7, 11) is 0. The van der Waals surface area contributed by atoms with E-state index in [2.05, 4.69) is 25.6 Å².